The van der Waals surface area contributed by atoms with Crippen molar-refractivity contribution in [3.8, 4) is 0 Å². The Morgan fingerprint density at radius 2 is 2.05 bits per heavy atom. The fraction of sp³-hybridized carbons (Fsp3) is 0.429. The van der Waals surface area contributed by atoms with Crippen LogP contribution in [0.25, 0.3) is 0 Å². The summed E-state index contributed by atoms with van der Waals surface area (Å²) in [6, 6.07) is 4.46. The van der Waals surface area contributed by atoms with E-state index in [4.69, 9.17) is 23.2 Å². The zero-order valence-electron chi connectivity index (χ0n) is 11.5. The highest BCUT2D eigenvalue weighted by atomic mass is 35.5. The smallest absolute Gasteiger partial charge is 0.321 e. The molecule has 7 heteroatoms. The van der Waals surface area contributed by atoms with Crippen molar-refractivity contribution in [3.05, 3.63) is 28.2 Å². The molecule has 1 heterocycles. The number of carbonyl (C=O) groups excluding carboxylic acids is 1. The van der Waals surface area contributed by atoms with Crippen molar-refractivity contribution in [1.82, 2.24) is 4.90 Å². The lowest BCUT2D eigenvalue weighted by atomic mass is 9.82. The average Bonchev–Trinajstić information content (AvgIpc) is 2.43. The van der Waals surface area contributed by atoms with Crippen molar-refractivity contribution in [2.45, 2.75) is 19.8 Å². The largest absolute Gasteiger partial charge is 0.481 e. The summed E-state index contributed by atoms with van der Waals surface area (Å²) in [5, 5.41) is 12.7. The summed E-state index contributed by atoms with van der Waals surface area (Å²) >= 11 is 11.7. The fourth-order valence-corrected chi connectivity index (χ4v) is 2.66. The van der Waals surface area contributed by atoms with Gasteiger partial charge in [-0.15, -0.1) is 0 Å². The molecule has 1 aromatic rings. The molecule has 0 aromatic heterocycles. The Morgan fingerprint density at radius 1 is 1.33 bits per heavy atom. The van der Waals surface area contributed by atoms with Gasteiger partial charge in [0.2, 0.25) is 0 Å². The molecule has 1 aromatic carbocycles. The topological polar surface area (TPSA) is 69.6 Å². The van der Waals surface area contributed by atoms with Gasteiger partial charge in [0.15, 0.2) is 0 Å². The van der Waals surface area contributed by atoms with Crippen LogP contribution >= 0.6 is 23.2 Å². The molecule has 21 heavy (non-hydrogen) atoms. The van der Waals surface area contributed by atoms with Crippen molar-refractivity contribution in [2.24, 2.45) is 5.41 Å². The van der Waals surface area contributed by atoms with Crippen LogP contribution in [0.4, 0.5) is 10.5 Å². The number of carboxylic acid groups (broad SMARTS) is 1. The Kier molecular flexibility index (Phi) is 4.64. The molecule has 0 radical (unpaired) electrons. The zero-order chi connectivity index (χ0) is 15.6. The number of carbonyl (C=O) groups is 2. The van der Waals surface area contributed by atoms with Gasteiger partial charge in [0.1, 0.15) is 0 Å². The van der Waals surface area contributed by atoms with Gasteiger partial charge in [0.05, 0.1) is 15.5 Å². The second kappa shape index (κ2) is 6.12. The Bertz CT molecular complexity index is 579. The molecular weight excluding hydrogens is 315 g/mol. The van der Waals surface area contributed by atoms with E-state index in [1.807, 2.05) is 0 Å². The molecule has 0 bridgehead atoms. The van der Waals surface area contributed by atoms with Crippen LogP contribution in [0.1, 0.15) is 19.8 Å². The molecule has 2 N–H and O–H groups in total. The number of nitrogens with one attached hydrogen (secondary N) is 1. The highest BCUT2D eigenvalue weighted by molar-refractivity contribution is 6.42. The zero-order valence-corrected chi connectivity index (χ0v) is 13.0. The lowest BCUT2D eigenvalue weighted by Crippen LogP contribution is -2.49. The maximum Gasteiger partial charge on any atom is 0.321 e. The second-order valence-corrected chi connectivity index (χ2v) is 6.26. The summed E-state index contributed by atoms with van der Waals surface area (Å²) in [5.74, 6) is -0.880. The van der Waals surface area contributed by atoms with E-state index in [0.717, 1.165) is 0 Å². The van der Waals surface area contributed by atoms with Crippen LogP contribution < -0.4 is 5.32 Å². The molecule has 1 unspecified atom stereocenters. The second-order valence-electron chi connectivity index (χ2n) is 5.45. The minimum atomic E-state index is -0.896. The number of nitrogens with zero attached hydrogens (tertiary/aromatic N) is 1. The number of hydrogen-bond donors (Lipinski definition) is 2. The minimum absolute atomic E-state index is 0.190. The number of urea groups is 1. The molecule has 0 spiro atoms. The van der Waals surface area contributed by atoms with Gasteiger partial charge >= 0.3 is 12.0 Å². The summed E-state index contributed by atoms with van der Waals surface area (Å²) in [5.41, 5.74) is -0.371. The van der Waals surface area contributed by atoms with E-state index in [1.165, 1.54) is 4.90 Å². The van der Waals surface area contributed by atoms with E-state index >= 15 is 0 Å². The predicted molar refractivity (Wildman–Crippen MR) is 82.0 cm³/mol. The van der Waals surface area contributed by atoms with Crippen LogP contribution in [0.15, 0.2) is 18.2 Å². The minimum Gasteiger partial charge on any atom is -0.481 e. The van der Waals surface area contributed by atoms with Crippen LogP contribution in [0, 0.1) is 5.41 Å². The van der Waals surface area contributed by atoms with Crippen molar-refractivity contribution in [1.29, 1.82) is 0 Å². The van der Waals surface area contributed by atoms with Crippen LogP contribution in [0.5, 0.6) is 0 Å². The highest BCUT2D eigenvalue weighted by Gasteiger charge is 2.39. The molecule has 1 atom stereocenters. The number of carboxylic acids is 1. The number of likely N-dealkylation sites (tertiary alicyclic amines) is 1. The molecule has 2 rings (SSSR count). The first-order valence-corrected chi connectivity index (χ1v) is 7.32. The standard InChI is InChI=1S/C14H16Cl2N2O3/c1-14(12(19)20)5-2-6-18(8-14)13(21)17-9-3-4-10(15)11(16)7-9/h3-4,7H,2,5-6,8H2,1H3,(H,17,21)(H,19,20). The third-order valence-electron chi connectivity index (χ3n) is 3.67. The molecule has 2 amide bonds. The molecule has 114 valence electrons. The number of piperidine rings is 1. The number of benzene rings is 1. The summed E-state index contributed by atoms with van der Waals surface area (Å²) in [7, 11) is 0. The Labute approximate surface area is 132 Å². The third-order valence-corrected chi connectivity index (χ3v) is 4.41. The maximum absolute atomic E-state index is 12.2. The first-order chi connectivity index (χ1) is 9.82. The number of rotatable bonds is 2. The van der Waals surface area contributed by atoms with Crippen molar-refractivity contribution >= 4 is 40.9 Å². The van der Waals surface area contributed by atoms with Crippen molar-refractivity contribution in [3.63, 3.8) is 0 Å². The summed E-state index contributed by atoms with van der Waals surface area (Å²) in [4.78, 5) is 25.0. The number of hydrogen-bond acceptors (Lipinski definition) is 2. The van der Waals surface area contributed by atoms with E-state index in [0.29, 0.717) is 35.1 Å². The molecular formula is C14H16Cl2N2O3. The lowest BCUT2D eigenvalue weighted by molar-refractivity contribution is -0.150. The van der Waals surface area contributed by atoms with Crippen LogP contribution in [0.2, 0.25) is 10.0 Å². The number of amides is 2. The highest BCUT2D eigenvalue weighted by Crippen LogP contribution is 2.30. The van der Waals surface area contributed by atoms with E-state index in [9.17, 15) is 14.7 Å². The van der Waals surface area contributed by atoms with Crippen LogP contribution in [-0.4, -0.2) is 35.1 Å². The Morgan fingerprint density at radius 3 is 2.67 bits per heavy atom. The maximum atomic E-state index is 12.2. The number of anilines is 1. The Hall–Kier alpha value is -1.46. The van der Waals surface area contributed by atoms with E-state index in [-0.39, 0.29) is 12.6 Å². The average molecular weight is 331 g/mol. The Balaban J connectivity index is 2.06. The summed E-state index contributed by atoms with van der Waals surface area (Å²) < 4.78 is 0. The van der Waals surface area contributed by atoms with Gasteiger partial charge < -0.3 is 15.3 Å². The van der Waals surface area contributed by atoms with Crippen LogP contribution in [-0.2, 0) is 4.79 Å². The predicted octanol–water partition coefficient (Wildman–Crippen LogP) is 3.71. The van der Waals surface area contributed by atoms with E-state index in [2.05, 4.69) is 5.32 Å². The molecule has 1 fully saturated rings. The molecule has 1 saturated heterocycles. The van der Waals surface area contributed by atoms with Gasteiger partial charge in [0, 0.05) is 18.8 Å². The van der Waals surface area contributed by atoms with Gasteiger partial charge in [0.25, 0.3) is 0 Å². The summed E-state index contributed by atoms with van der Waals surface area (Å²) in [6.45, 7) is 2.39. The molecule has 0 saturated carbocycles. The SMILES string of the molecule is CC1(C(=O)O)CCCN(C(=O)Nc2ccc(Cl)c(Cl)c2)C1. The molecule has 0 aliphatic carbocycles. The quantitative estimate of drug-likeness (QED) is 0.868. The monoisotopic (exact) mass is 330 g/mol. The van der Waals surface area contributed by atoms with Gasteiger partial charge in [-0.25, -0.2) is 4.79 Å². The first-order valence-electron chi connectivity index (χ1n) is 6.56. The van der Waals surface area contributed by atoms with Gasteiger partial charge in [-0.2, -0.15) is 0 Å². The molecule has 5 nitrogen and oxygen atoms in total. The number of aliphatic carboxylic acids is 1. The summed E-state index contributed by atoms with van der Waals surface area (Å²) in [6.07, 6.45) is 1.23. The lowest BCUT2D eigenvalue weighted by Gasteiger charge is -2.37. The van der Waals surface area contributed by atoms with E-state index in [1.54, 1.807) is 25.1 Å². The number of halogens is 2. The molecule has 1 aliphatic heterocycles. The van der Waals surface area contributed by atoms with E-state index < -0.39 is 11.4 Å². The fourth-order valence-electron chi connectivity index (χ4n) is 2.36. The normalized spacial score (nSPS) is 22.0. The van der Waals surface area contributed by atoms with Gasteiger partial charge in [-0.05, 0) is 38.0 Å². The first kappa shape index (κ1) is 15.9. The molecule has 1 aliphatic rings. The van der Waals surface area contributed by atoms with Gasteiger partial charge in [-0.3, -0.25) is 4.79 Å². The van der Waals surface area contributed by atoms with Gasteiger partial charge in [-0.1, -0.05) is 23.2 Å². The van der Waals surface area contributed by atoms with Crippen molar-refractivity contribution < 1.29 is 14.7 Å². The van der Waals surface area contributed by atoms with Crippen molar-refractivity contribution in [2.75, 3.05) is 18.4 Å². The van der Waals surface area contributed by atoms with Crippen LogP contribution in [0.3, 0.4) is 0 Å². The third kappa shape index (κ3) is 3.60.